The highest BCUT2D eigenvalue weighted by Crippen LogP contribution is 2.29. The molecule has 140 valence electrons. The maximum Gasteiger partial charge on any atom is 0.229 e. The lowest BCUT2D eigenvalue weighted by atomic mass is 10.0. The van der Waals surface area contributed by atoms with Crippen molar-refractivity contribution in [1.82, 2.24) is 9.97 Å². The third-order valence-corrected chi connectivity index (χ3v) is 4.30. The molecule has 5 nitrogen and oxygen atoms in total. The Labute approximate surface area is 160 Å². The Morgan fingerprint density at radius 2 is 1.67 bits per heavy atom. The molecule has 1 heterocycles. The van der Waals surface area contributed by atoms with E-state index in [1.807, 2.05) is 44.2 Å². The van der Waals surface area contributed by atoms with E-state index in [4.69, 9.17) is 4.74 Å². The second-order valence-electron chi connectivity index (χ2n) is 6.91. The molecular formula is C22H26N4O. The van der Waals surface area contributed by atoms with Gasteiger partial charge in [0.25, 0.3) is 0 Å². The van der Waals surface area contributed by atoms with E-state index in [0.717, 1.165) is 34.2 Å². The number of nitrogens with one attached hydrogen (secondary N) is 2. The van der Waals surface area contributed by atoms with E-state index in [0.29, 0.717) is 11.9 Å². The van der Waals surface area contributed by atoms with Crippen LogP contribution in [0, 0.1) is 13.8 Å². The van der Waals surface area contributed by atoms with Gasteiger partial charge in [0.2, 0.25) is 5.95 Å². The fraction of sp³-hybridized carbons (Fsp3) is 0.273. The molecule has 0 fully saturated rings. The summed E-state index contributed by atoms with van der Waals surface area (Å²) in [4.78, 5) is 9.18. The normalized spacial score (nSPS) is 10.7. The van der Waals surface area contributed by atoms with E-state index in [9.17, 15) is 0 Å². The third kappa shape index (κ3) is 4.56. The summed E-state index contributed by atoms with van der Waals surface area (Å²) >= 11 is 0. The average molecular weight is 362 g/mol. The Morgan fingerprint density at radius 1 is 0.889 bits per heavy atom. The van der Waals surface area contributed by atoms with Crippen LogP contribution in [0.1, 0.15) is 36.6 Å². The van der Waals surface area contributed by atoms with Crippen molar-refractivity contribution in [3.8, 4) is 5.75 Å². The van der Waals surface area contributed by atoms with E-state index >= 15 is 0 Å². The van der Waals surface area contributed by atoms with Gasteiger partial charge in [0.05, 0.1) is 12.8 Å². The van der Waals surface area contributed by atoms with Crippen LogP contribution in [-0.4, -0.2) is 17.1 Å². The smallest absolute Gasteiger partial charge is 0.229 e. The number of hydrogen-bond donors (Lipinski definition) is 2. The first kappa shape index (κ1) is 18.7. The van der Waals surface area contributed by atoms with Crippen LogP contribution >= 0.6 is 0 Å². The highest BCUT2D eigenvalue weighted by atomic mass is 16.5. The van der Waals surface area contributed by atoms with Crippen molar-refractivity contribution >= 4 is 23.1 Å². The van der Waals surface area contributed by atoms with Crippen LogP contribution in [0.15, 0.2) is 48.5 Å². The Bertz CT molecular complexity index is 937. The number of methoxy groups -OCH3 is 1. The van der Waals surface area contributed by atoms with Gasteiger partial charge in [-0.15, -0.1) is 0 Å². The van der Waals surface area contributed by atoms with E-state index < -0.39 is 0 Å². The number of nitrogens with zero attached hydrogens (tertiary/aromatic N) is 2. The van der Waals surface area contributed by atoms with Crippen molar-refractivity contribution in [3.63, 3.8) is 0 Å². The van der Waals surface area contributed by atoms with Gasteiger partial charge in [-0.25, -0.2) is 4.98 Å². The molecule has 2 aromatic carbocycles. The van der Waals surface area contributed by atoms with Crippen LogP contribution in [-0.2, 0) is 0 Å². The molecule has 0 bridgehead atoms. The van der Waals surface area contributed by atoms with Crippen LogP contribution in [0.4, 0.5) is 23.1 Å². The van der Waals surface area contributed by atoms with Crippen LogP contribution in [0.3, 0.4) is 0 Å². The van der Waals surface area contributed by atoms with Gasteiger partial charge in [-0.3, -0.25) is 0 Å². The minimum absolute atomic E-state index is 0.410. The number of para-hydroxylation sites is 1. The summed E-state index contributed by atoms with van der Waals surface area (Å²) in [5.41, 5.74) is 5.16. The first-order chi connectivity index (χ1) is 13.0. The van der Waals surface area contributed by atoms with Crippen LogP contribution < -0.4 is 15.4 Å². The van der Waals surface area contributed by atoms with E-state index in [2.05, 4.69) is 52.6 Å². The summed E-state index contributed by atoms with van der Waals surface area (Å²) in [6, 6.07) is 16.2. The van der Waals surface area contributed by atoms with Crippen LogP contribution in [0.5, 0.6) is 5.75 Å². The van der Waals surface area contributed by atoms with Gasteiger partial charge in [0.15, 0.2) is 0 Å². The molecule has 0 unspecified atom stereocenters. The molecule has 0 saturated carbocycles. The molecule has 27 heavy (non-hydrogen) atoms. The Balaban J connectivity index is 1.91. The third-order valence-electron chi connectivity index (χ3n) is 4.30. The summed E-state index contributed by atoms with van der Waals surface area (Å²) in [5.74, 6) is 2.47. The Morgan fingerprint density at radius 3 is 2.41 bits per heavy atom. The molecule has 5 heteroatoms. The number of hydrogen-bond acceptors (Lipinski definition) is 5. The lowest BCUT2D eigenvalue weighted by Gasteiger charge is -2.15. The lowest BCUT2D eigenvalue weighted by molar-refractivity contribution is 0.416. The van der Waals surface area contributed by atoms with Crippen molar-refractivity contribution in [2.24, 2.45) is 0 Å². The molecule has 1 aromatic heterocycles. The fourth-order valence-corrected chi connectivity index (χ4v) is 2.98. The van der Waals surface area contributed by atoms with Gasteiger partial charge in [-0.2, -0.15) is 4.98 Å². The summed E-state index contributed by atoms with van der Waals surface area (Å²) in [6.45, 7) is 8.36. The number of rotatable bonds is 6. The molecule has 0 aliphatic carbocycles. The number of anilines is 4. The summed E-state index contributed by atoms with van der Waals surface area (Å²) in [7, 11) is 1.66. The second-order valence-corrected chi connectivity index (χ2v) is 6.91. The topological polar surface area (TPSA) is 59.1 Å². The van der Waals surface area contributed by atoms with Gasteiger partial charge in [0.1, 0.15) is 11.6 Å². The second kappa shape index (κ2) is 8.08. The Kier molecular flexibility index (Phi) is 5.60. The number of ether oxygens (including phenoxy) is 1. The zero-order valence-electron chi connectivity index (χ0n) is 16.5. The van der Waals surface area contributed by atoms with Crippen molar-refractivity contribution in [3.05, 3.63) is 65.4 Å². The molecule has 2 N–H and O–H groups in total. The molecule has 0 atom stereocenters. The van der Waals surface area contributed by atoms with E-state index in [-0.39, 0.29) is 0 Å². The average Bonchev–Trinajstić information content (AvgIpc) is 2.61. The fourth-order valence-electron chi connectivity index (χ4n) is 2.98. The highest BCUT2D eigenvalue weighted by Gasteiger charge is 2.10. The molecule has 0 aliphatic heterocycles. The Hall–Kier alpha value is -3.08. The van der Waals surface area contributed by atoms with Gasteiger partial charge in [-0.1, -0.05) is 38.1 Å². The SMILES string of the molecule is COc1ccc(C)cc1Nc1cc(C)nc(Nc2ccccc2C(C)C)n1. The molecule has 0 saturated heterocycles. The van der Waals surface area contributed by atoms with Crippen molar-refractivity contribution in [1.29, 1.82) is 0 Å². The van der Waals surface area contributed by atoms with E-state index in [1.54, 1.807) is 7.11 Å². The lowest BCUT2D eigenvalue weighted by Crippen LogP contribution is -2.05. The summed E-state index contributed by atoms with van der Waals surface area (Å²) < 4.78 is 5.45. The predicted octanol–water partition coefficient (Wildman–Crippen LogP) is 5.71. The van der Waals surface area contributed by atoms with Crippen molar-refractivity contribution < 1.29 is 4.74 Å². The number of benzene rings is 2. The van der Waals surface area contributed by atoms with Gasteiger partial charge in [-0.05, 0) is 49.1 Å². The minimum atomic E-state index is 0.410. The quantitative estimate of drug-likeness (QED) is 0.588. The predicted molar refractivity (Wildman–Crippen MR) is 112 cm³/mol. The summed E-state index contributed by atoms with van der Waals surface area (Å²) in [6.07, 6.45) is 0. The van der Waals surface area contributed by atoms with Gasteiger partial charge < -0.3 is 15.4 Å². The van der Waals surface area contributed by atoms with E-state index in [1.165, 1.54) is 5.56 Å². The first-order valence-electron chi connectivity index (χ1n) is 9.09. The zero-order chi connectivity index (χ0) is 19.4. The standard InChI is InChI=1S/C22H26N4O/c1-14(2)17-8-6-7-9-18(17)25-22-23-16(4)13-21(26-22)24-19-12-15(3)10-11-20(19)27-5/h6-14H,1-5H3,(H2,23,24,25,26). The van der Waals surface area contributed by atoms with Gasteiger partial charge >= 0.3 is 0 Å². The van der Waals surface area contributed by atoms with Crippen LogP contribution in [0.25, 0.3) is 0 Å². The number of aromatic nitrogens is 2. The first-order valence-corrected chi connectivity index (χ1v) is 9.09. The zero-order valence-corrected chi connectivity index (χ0v) is 16.5. The van der Waals surface area contributed by atoms with Crippen molar-refractivity contribution in [2.45, 2.75) is 33.6 Å². The largest absolute Gasteiger partial charge is 0.495 e. The monoisotopic (exact) mass is 362 g/mol. The maximum absolute atomic E-state index is 5.45. The summed E-state index contributed by atoms with van der Waals surface area (Å²) in [5, 5.41) is 6.72. The molecule has 0 spiro atoms. The molecule has 0 radical (unpaired) electrons. The van der Waals surface area contributed by atoms with Crippen LogP contribution in [0.2, 0.25) is 0 Å². The molecular weight excluding hydrogens is 336 g/mol. The highest BCUT2D eigenvalue weighted by molar-refractivity contribution is 5.67. The van der Waals surface area contributed by atoms with Gasteiger partial charge in [0, 0.05) is 17.4 Å². The molecule has 0 amide bonds. The number of aryl methyl sites for hydroxylation is 2. The molecule has 3 aromatic rings. The van der Waals surface area contributed by atoms with Crippen molar-refractivity contribution in [2.75, 3.05) is 17.7 Å². The molecule has 3 rings (SSSR count). The maximum atomic E-state index is 5.45. The molecule has 0 aliphatic rings. The minimum Gasteiger partial charge on any atom is -0.495 e.